The van der Waals surface area contributed by atoms with Crippen LogP contribution in [0.5, 0.6) is 0 Å². The molecule has 0 aromatic heterocycles. The number of hydrogen-bond donors (Lipinski definition) is 2. The van der Waals surface area contributed by atoms with Crippen LogP contribution in [0.2, 0.25) is 0 Å². The Morgan fingerprint density at radius 3 is 2.14 bits per heavy atom. The number of hydrogen-bond acceptors (Lipinski definition) is 4. The maximum atomic E-state index is 12.7. The first-order valence-electron chi connectivity index (χ1n) is 9.44. The molecular weight excluding hydrogens is 372 g/mol. The van der Waals surface area contributed by atoms with Gasteiger partial charge in [0.15, 0.2) is 0 Å². The number of ether oxygens (including phenoxy) is 1. The Morgan fingerprint density at radius 2 is 1.55 bits per heavy atom. The average Bonchev–Trinajstić information content (AvgIpc) is 2.66. The van der Waals surface area contributed by atoms with Crippen LogP contribution in [0.15, 0.2) is 42.5 Å². The van der Waals surface area contributed by atoms with Gasteiger partial charge in [0.25, 0.3) is 11.8 Å². The molecule has 1 fully saturated rings. The SMILES string of the molecule is Cc1cc(C(=O)O)cc(C(=O)Nc2ccc(C(=O)N3CC(C)OC(C)C3)cc2)c1. The number of amides is 2. The molecule has 2 unspecified atom stereocenters. The van der Waals surface area contributed by atoms with Crippen molar-refractivity contribution in [3.05, 3.63) is 64.7 Å². The van der Waals surface area contributed by atoms with E-state index in [1.807, 2.05) is 13.8 Å². The molecule has 2 N–H and O–H groups in total. The highest BCUT2D eigenvalue weighted by atomic mass is 16.5. The van der Waals surface area contributed by atoms with Crippen molar-refractivity contribution in [1.82, 2.24) is 4.90 Å². The van der Waals surface area contributed by atoms with Crippen LogP contribution >= 0.6 is 0 Å². The van der Waals surface area contributed by atoms with Gasteiger partial charge < -0.3 is 20.1 Å². The van der Waals surface area contributed by atoms with E-state index in [9.17, 15) is 14.4 Å². The molecule has 0 saturated carbocycles. The molecule has 0 radical (unpaired) electrons. The maximum Gasteiger partial charge on any atom is 0.335 e. The summed E-state index contributed by atoms with van der Waals surface area (Å²) in [7, 11) is 0. The first-order valence-corrected chi connectivity index (χ1v) is 9.44. The fraction of sp³-hybridized carbons (Fsp3) is 0.318. The van der Waals surface area contributed by atoms with Crippen molar-refractivity contribution in [3.8, 4) is 0 Å². The summed E-state index contributed by atoms with van der Waals surface area (Å²) in [5.41, 5.74) is 2.07. The fourth-order valence-corrected chi connectivity index (χ4v) is 3.46. The van der Waals surface area contributed by atoms with Crippen molar-refractivity contribution in [2.24, 2.45) is 0 Å². The van der Waals surface area contributed by atoms with Gasteiger partial charge in [0.1, 0.15) is 0 Å². The van der Waals surface area contributed by atoms with Crippen molar-refractivity contribution < 1.29 is 24.2 Å². The Labute approximate surface area is 169 Å². The second kappa shape index (κ2) is 8.45. The topological polar surface area (TPSA) is 95.9 Å². The van der Waals surface area contributed by atoms with Crippen molar-refractivity contribution in [3.63, 3.8) is 0 Å². The van der Waals surface area contributed by atoms with Crippen LogP contribution in [-0.2, 0) is 4.74 Å². The highest BCUT2D eigenvalue weighted by Crippen LogP contribution is 2.18. The second-order valence-electron chi connectivity index (χ2n) is 7.39. The van der Waals surface area contributed by atoms with Gasteiger partial charge in [-0.05, 0) is 68.8 Å². The number of carbonyl (C=O) groups is 3. The summed E-state index contributed by atoms with van der Waals surface area (Å²) in [6.45, 7) is 6.70. The normalized spacial score (nSPS) is 18.9. The van der Waals surface area contributed by atoms with Gasteiger partial charge in [-0.1, -0.05) is 0 Å². The molecule has 152 valence electrons. The van der Waals surface area contributed by atoms with E-state index in [1.165, 1.54) is 12.1 Å². The minimum atomic E-state index is -1.09. The number of nitrogens with zero attached hydrogens (tertiary/aromatic N) is 1. The van der Waals surface area contributed by atoms with E-state index < -0.39 is 11.9 Å². The van der Waals surface area contributed by atoms with E-state index in [4.69, 9.17) is 9.84 Å². The molecule has 1 heterocycles. The molecule has 2 aromatic rings. The zero-order valence-corrected chi connectivity index (χ0v) is 16.6. The molecule has 0 aliphatic carbocycles. The third-order valence-electron chi connectivity index (χ3n) is 4.68. The molecule has 2 amide bonds. The van der Waals surface area contributed by atoms with Crippen LogP contribution in [0.3, 0.4) is 0 Å². The predicted molar refractivity (Wildman–Crippen MR) is 108 cm³/mol. The van der Waals surface area contributed by atoms with Crippen LogP contribution in [0.25, 0.3) is 0 Å². The second-order valence-corrected chi connectivity index (χ2v) is 7.39. The number of anilines is 1. The van der Waals surface area contributed by atoms with Gasteiger partial charge in [-0.3, -0.25) is 9.59 Å². The molecular formula is C22H24N2O5. The van der Waals surface area contributed by atoms with E-state index in [-0.39, 0.29) is 29.2 Å². The molecule has 1 aliphatic rings. The third kappa shape index (κ3) is 5.00. The number of carboxylic acid groups (broad SMARTS) is 1. The molecule has 1 aliphatic heterocycles. The van der Waals surface area contributed by atoms with Gasteiger partial charge >= 0.3 is 5.97 Å². The van der Waals surface area contributed by atoms with Gasteiger partial charge in [-0.2, -0.15) is 0 Å². The van der Waals surface area contributed by atoms with Gasteiger partial charge in [0.2, 0.25) is 0 Å². The number of nitrogens with one attached hydrogen (secondary N) is 1. The summed E-state index contributed by atoms with van der Waals surface area (Å²) >= 11 is 0. The molecule has 2 aromatic carbocycles. The Bertz CT molecular complexity index is 929. The molecule has 7 heteroatoms. The third-order valence-corrected chi connectivity index (χ3v) is 4.68. The van der Waals surface area contributed by atoms with Gasteiger partial charge in [-0.15, -0.1) is 0 Å². The zero-order valence-electron chi connectivity index (χ0n) is 16.6. The van der Waals surface area contributed by atoms with Crippen LogP contribution in [-0.4, -0.2) is 53.1 Å². The number of aryl methyl sites for hydroxylation is 1. The van der Waals surface area contributed by atoms with E-state index >= 15 is 0 Å². The molecule has 0 bridgehead atoms. The highest BCUT2D eigenvalue weighted by Gasteiger charge is 2.26. The average molecular weight is 396 g/mol. The summed E-state index contributed by atoms with van der Waals surface area (Å²) in [5.74, 6) is -1.57. The molecule has 3 rings (SSSR count). The first-order chi connectivity index (χ1) is 13.7. The summed E-state index contributed by atoms with van der Waals surface area (Å²) in [6, 6.07) is 11.1. The lowest BCUT2D eigenvalue weighted by atomic mass is 10.1. The predicted octanol–water partition coefficient (Wildman–Crippen LogP) is 3.19. The molecule has 1 saturated heterocycles. The Hall–Kier alpha value is -3.19. The highest BCUT2D eigenvalue weighted by molar-refractivity contribution is 6.06. The standard InChI is InChI=1S/C22H24N2O5/c1-13-8-17(10-18(9-13)22(27)28)20(25)23-19-6-4-16(5-7-19)21(26)24-11-14(2)29-15(3)12-24/h4-10,14-15H,11-12H2,1-3H3,(H,23,25)(H,27,28). The van der Waals surface area contributed by atoms with Gasteiger partial charge in [-0.25, -0.2) is 4.79 Å². The monoisotopic (exact) mass is 396 g/mol. The number of carboxylic acids is 1. The largest absolute Gasteiger partial charge is 0.478 e. The summed E-state index contributed by atoms with van der Waals surface area (Å²) in [4.78, 5) is 38.2. The zero-order chi connectivity index (χ0) is 21.1. The van der Waals surface area contributed by atoms with Crippen molar-refractivity contribution in [2.75, 3.05) is 18.4 Å². The van der Waals surface area contributed by atoms with Crippen molar-refractivity contribution in [1.29, 1.82) is 0 Å². The van der Waals surface area contributed by atoms with Gasteiger partial charge in [0, 0.05) is 29.9 Å². The summed E-state index contributed by atoms with van der Waals surface area (Å²) in [6.07, 6.45) is -0.0161. The number of morpholine rings is 1. The van der Waals surface area contributed by atoms with Crippen LogP contribution in [0.4, 0.5) is 5.69 Å². The van der Waals surface area contributed by atoms with E-state index in [2.05, 4.69) is 5.32 Å². The number of carbonyl (C=O) groups excluding carboxylic acids is 2. The smallest absolute Gasteiger partial charge is 0.335 e. The van der Waals surface area contributed by atoms with Crippen molar-refractivity contribution >= 4 is 23.5 Å². The van der Waals surface area contributed by atoms with Crippen LogP contribution in [0, 0.1) is 6.92 Å². The Balaban J connectivity index is 1.70. The number of aromatic carboxylic acids is 1. The van der Waals surface area contributed by atoms with Crippen LogP contribution in [0.1, 0.15) is 50.5 Å². The van der Waals surface area contributed by atoms with E-state index in [0.29, 0.717) is 29.9 Å². The molecule has 2 atom stereocenters. The molecule has 29 heavy (non-hydrogen) atoms. The Morgan fingerprint density at radius 1 is 0.966 bits per heavy atom. The van der Waals surface area contributed by atoms with Crippen LogP contribution < -0.4 is 5.32 Å². The quantitative estimate of drug-likeness (QED) is 0.827. The summed E-state index contributed by atoms with van der Waals surface area (Å²) < 4.78 is 5.66. The molecule has 7 nitrogen and oxygen atoms in total. The molecule has 0 spiro atoms. The first kappa shape index (κ1) is 20.5. The van der Waals surface area contributed by atoms with E-state index in [1.54, 1.807) is 42.2 Å². The van der Waals surface area contributed by atoms with Crippen molar-refractivity contribution in [2.45, 2.75) is 33.0 Å². The lowest BCUT2D eigenvalue weighted by Gasteiger charge is -2.35. The minimum Gasteiger partial charge on any atom is -0.478 e. The van der Waals surface area contributed by atoms with Gasteiger partial charge in [0.05, 0.1) is 17.8 Å². The summed E-state index contributed by atoms with van der Waals surface area (Å²) in [5, 5.41) is 11.9. The fourth-order valence-electron chi connectivity index (χ4n) is 3.46. The lowest BCUT2D eigenvalue weighted by molar-refractivity contribution is -0.0586. The lowest BCUT2D eigenvalue weighted by Crippen LogP contribution is -2.48. The van der Waals surface area contributed by atoms with E-state index in [0.717, 1.165) is 0 Å². The minimum absolute atomic E-state index is 0.00807. The maximum absolute atomic E-state index is 12.7. The number of benzene rings is 2. The Kier molecular flexibility index (Phi) is 5.98. The number of rotatable bonds is 4.